The molecule has 0 atom stereocenters. The van der Waals surface area contributed by atoms with Crippen LogP contribution in [0, 0.1) is 5.92 Å². The zero-order chi connectivity index (χ0) is 21.2. The lowest BCUT2D eigenvalue weighted by Crippen LogP contribution is -2.35. The Morgan fingerprint density at radius 3 is 2.33 bits per heavy atom. The van der Waals surface area contributed by atoms with Gasteiger partial charge in [0.15, 0.2) is 5.11 Å². The summed E-state index contributed by atoms with van der Waals surface area (Å²) in [6.45, 7) is 0.761. The number of benzene rings is 2. The van der Waals surface area contributed by atoms with Crippen LogP contribution in [0.4, 0.5) is 5.69 Å². The smallest absolute Gasteiger partial charge is 0.230 e. The quantitative estimate of drug-likeness (QED) is 0.575. The minimum absolute atomic E-state index is 0.166. The molecule has 0 heterocycles. The van der Waals surface area contributed by atoms with E-state index in [1.54, 1.807) is 7.11 Å². The lowest BCUT2D eigenvalue weighted by Gasteiger charge is -2.21. The Morgan fingerprint density at radius 1 is 1.00 bits per heavy atom. The third-order valence-electron chi connectivity index (χ3n) is 5.41. The fourth-order valence-corrected chi connectivity index (χ4v) is 3.95. The van der Waals surface area contributed by atoms with Gasteiger partial charge in [0.2, 0.25) is 5.91 Å². The SMILES string of the molecule is COc1ccc(CC(=O)NC(=S)Nc2ccc(OCCC3CCCCC3)cc2)cc1. The van der Waals surface area contributed by atoms with Crippen molar-refractivity contribution in [1.29, 1.82) is 0 Å². The summed E-state index contributed by atoms with van der Waals surface area (Å²) in [6, 6.07) is 15.0. The van der Waals surface area contributed by atoms with Crippen molar-refractivity contribution >= 4 is 28.9 Å². The Labute approximate surface area is 184 Å². The van der Waals surface area contributed by atoms with E-state index in [4.69, 9.17) is 21.7 Å². The van der Waals surface area contributed by atoms with Crippen molar-refractivity contribution in [3.8, 4) is 11.5 Å². The second kappa shape index (κ2) is 11.6. The van der Waals surface area contributed by atoms with Gasteiger partial charge in [-0.25, -0.2) is 0 Å². The summed E-state index contributed by atoms with van der Waals surface area (Å²) in [5, 5.41) is 6.02. The largest absolute Gasteiger partial charge is 0.497 e. The van der Waals surface area contributed by atoms with Gasteiger partial charge in [0.05, 0.1) is 20.1 Å². The highest BCUT2D eigenvalue weighted by molar-refractivity contribution is 7.80. The minimum atomic E-state index is -0.166. The lowest BCUT2D eigenvalue weighted by atomic mass is 9.87. The number of ether oxygens (including phenoxy) is 2. The first-order valence-electron chi connectivity index (χ1n) is 10.6. The summed E-state index contributed by atoms with van der Waals surface area (Å²) < 4.78 is 11.0. The number of carbonyl (C=O) groups excluding carboxylic acids is 1. The molecule has 5 nitrogen and oxygen atoms in total. The number of methoxy groups -OCH3 is 1. The first kappa shape index (κ1) is 22.1. The van der Waals surface area contributed by atoms with Gasteiger partial charge < -0.3 is 20.1 Å². The monoisotopic (exact) mass is 426 g/mol. The van der Waals surface area contributed by atoms with E-state index in [1.807, 2.05) is 48.5 Å². The molecule has 1 saturated carbocycles. The van der Waals surface area contributed by atoms with Crippen molar-refractivity contribution in [3.63, 3.8) is 0 Å². The van der Waals surface area contributed by atoms with Crippen LogP contribution >= 0.6 is 12.2 Å². The summed E-state index contributed by atoms with van der Waals surface area (Å²) in [4.78, 5) is 12.2. The van der Waals surface area contributed by atoms with E-state index in [1.165, 1.54) is 32.1 Å². The summed E-state index contributed by atoms with van der Waals surface area (Å²) in [6.07, 6.45) is 8.17. The number of thiocarbonyl (C=S) groups is 1. The lowest BCUT2D eigenvalue weighted by molar-refractivity contribution is -0.119. The van der Waals surface area contributed by atoms with E-state index in [9.17, 15) is 4.79 Å². The number of nitrogens with one attached hydrogen (secondary N) is 2. The second-order valence-electron chi connectivity index (χ2n) is 7.69. The Morgan fingerprint density at radius 2 is 1.67 bits per heavy atom. The predicted molar refractivity (Wildman–Crippen MR) is 124 cm³/mol. The fourth-order valence-electron chi connectivity index (χ4n) is 3.72. The van der Waals surface area contributed by atoms with Crippen LogP contribution in [0.2, 0.25) is 0 Å². The average Bonchev–Trinajstić information content (AvgIpc) is 2.76. The summed E-state index contributed by atoms with van der Waals surface area (Å²) in [7, 11) is 1.61. The molecule has 1 aliphatic carbocycles. The molecule has 0 unspecified atom stereocenters. The molecule has 1 amide bonds. The second-order valence-corrected chi connectivity index (χ2v) is 8.10. The molecule has 2 aromatic carbocycles. The van der Waals surface area contributed by atoms with Crippen LogP contribution < -0.4 is 20.1 Å². The molecule has 160 valence electrons. The van der Waals surface area contributed by atoms with Gasteiger partial charge in [0.1, 0.15) is 11.5 Å². The Bertz CT molecular complexity index is 815. The molecule has 2 N–H and O–H groups in total. The van der Waals surface area contributed by atoms with Gasteiger partial charge in [0, 0.05) is 5.69 Å². The molecule has 2 aromatic rings. The van der Waals surface area contributed by atoms with Crippen LogP contribution in [0.3, 0.4) is 0 Å². The maximum absolute atomic E-state index is 12.2. The van der Waals surface area contributed by atoms with E-state index >= 15 is 0 Å². The van der Waals surface area contributed by atoms with Gasteiger partial charge in [-0.1, -0.05) is 44.2 Å². The first-order chi connectivity index (χ1) is 14.6. The molecule has 0 bridgehead atoms. The zero-order valence-corrected chi connectivity index (χ0v) is 18.3. The molecule has 6 heteroatoms. The highest BCUT2D eigenvalue weighted by atomic mass is 32.1. The molecule has 0 aliphatic heterocycles. The van der Waals surface area contributed by atoms with E-state index in [0.29, 0.717) is 0 Å². The molecule has 3 rings (SSSR count). The fraction of sp³-hybridized carbons (Fsp3) is 0.417. The van der Waals surface area contributed by atoms with E-state index in [0.717, 1.165) is 41.7 Å². The van der Waals surface area contributed by atoms with Crippen molar-refractivity contribution in [1.82, 2.24) is 5.32 Å². The van der Waals surface area contributed by atoms with Gasteiger partial charge in [-0.05, 0) is 66.5 Å². The molecule has 30 heavy (non-hydrogen) atoms. The third-order valence-corrected chi connectivity index (χ3v) is 5.61. The number of hydrogen-bond acceptors (Lipinski definition) is 4. The normalized spacial score (nSPS) is 14.0. The van der Waals surface area contributed by atoms with Crippen molar-refractivity contribution in [2.24, 2.45) is 5.92 Å². The van der Waals surface area contributed by atoms with Crippen molar-refractivity contribution in [2.75, 3.05) is 19.0 Å². The molecule has 0 spiro atoms. The van der Waals surface area contributed by atoms with Crippen LogP contribution in [0.1, 0.15) is 44.1 Å². The van der Waals surface area contributed by atoms with E-state index < -0.39 is 0 Å². The van der Waals surface area contributed by atoms with Gasteiger partial charge in [0.25, 0.3) is 0 Å². The van der Waals surface area contributed by atoms with Crippen LogP contribution in [-0.4, -0.2) is 24.7 Å². The molecule has 1 fully saturated rings. The van der Waals surface area contributed by atoms with Gasteiger partial charge in [-0.15, -0.1) is 0 Å². The number of amides is 1. The van der Waals surface area contributed by atoms with Gasteiger partial charge in [-0.3, -0.25) is 4.79 Å². The minimum Gasteiger partial charge on any atom is -0.497 e. The van der Waals surface area contributed by atoms with Crippen molar-refractivity contribution in [2.45, 2.75) is 44.9 Å². The van der Waals surface area contributed by atoms with Crippen LogP contribution in [0.5, 0.6) is 11.5 Å². The molecule has 0 aromatic heterocycles. The average molecular weight is 427 g/mol. The number of hydrogen-bond donors (Lipinski definition) is 2. The molecule has 0 saturated heterocycles. The van der Waals surface area contributed by atoms with Crippen LogP contribution in [-0.2, 0) is 11.2 Å². The molecular weight excluding hydrogens is 396 g/mol. The van der Waals surface area contributed by atoms with Gasteiger partial charge in [-0.2, -0.15) is 0 Å². The summed E-state index contributed by atoms with van der Waals surface area (Å²) in [5.41, 5.74) is 1.70. The molecular formula is C24H30N2O3S. The highest BCUT2D eigenvalue weighted by Crippen LogP contribution is 2.26. The maximum atomic E-state index is 12.2. The standard InChI is InChI=1S/C24H30N2O3S/c1-28-21-11-7-19(8-12-21)17-23(27)26-24(30)25-20-9-13-22(14-10-20)29-16-15-18-5-3-2-4-6-18/h7-14,18H,2-6,15-17H2,1H3,(H2,25,26,27,30). The maximum Gasteiger partial charge on any atom is 0.230 e. The van der Waals surface area contributed by atoms with Crippen molar-refractivity contribution in [3.05, 3.63) is 54.1 Å². The molecule has 1 aliphatic rings. The predicted octanol–water partition coefficient (Wildman–Crippen LogP) is 5.10. The Balaban J connectivity index is 1.38. The van der Waals surface area contributed by atoms with Crippen LogP contribution in [0.15, 0.2) is 48.5 Å². The third kappa shape index (κ3) is 7.34. The van der Waals surface area contributed by atoms with Gasteiger partial charge >= 0.3 is 0 Å². The number of anilines is 1. The summed E-state index contributed by atoms with van der Waals surface area (Å²) >= 11 is 5.25. The molecule has 0 radical (unpaired) electrons. The van der Waals surface area contributed by atoms with Crippen LogP contribution in [0.25, 0.3) is 0 Å². The van der Waals surface area contributed by atoms with Crippen molar-refractivity contribution < 1.29 is 14.3 Å². The Hall–Kier alpha value is -2.60. The number of carbonyl (C=O) groups is 1. The topological polar surface area (TPSA) is 59.6 Å². The first-order valence-corrected chi connectivity index (χ1v) is 11.0. The number of rotatable bonds is 8. The summed E-state index contributed by atoms with van der Waals surface area (Å²) in [5.74, 6) is 2.27. The van der Waals surface area contributed by atoms with E-state index in [-0.39, 0.29) is 17.4 Å². The van der Waals surface area contributed by atoms with E-state index in [2.05, 4.69) is 10.6 Å². The zero-order valence-electron chi connectivity index (χ0n) is 17.5. The highest BCUT2D eigenvalue weighted by Gasteiger charge is 2.13. The Kier molecular flexibility index (Phi) is 8.51.